The average Bonchev–Trinajstić information content (AvgIpc) is 3.42. The molecule has 1 fully saturated rings. The van der Waals surface area contributed by atoms with E-state index in [-0.39, 0.29) is 24.2 Å². The van der Waals surface area contributed by atoms with E-state index in [1.807, 2.05) is 0 Å². The van der Waals surface area contributed by atoms with Gasteiger partial charge in [0.15, 0.2) is 0 Å². The molecule has 1 amide bonds. The summed E-state index contributed by atoms with van der Waals surface area (Å²) >= 11 is 0. The summed E-state index contributed by atoms with van der Waals surface area (Å²) in [5, 5.41) is 11.8. The quantitative estimate of drug-likeness (QED) is 0.806. The summed E-state index contributed by atoms with van der Waals surface area (Å²) in [5.41, 5.74) is 0.571. The van der Waals surface area contributed by atoms with Crippen LogP contribution < -0.4 is 5.32 Å². The first-order valence-electron chi connectivity index (χ1n) is 8.35. The Hall–Kier alpha value is -2.90. The fourth-order valence-electron chi connectivity index (χ4n) is 3.07. The highest BCUT2D eigenvalue weighted by molar-refractivity contribution is 5.84. The summed E-state index contributed by atoms with van der Waals surface area (Å²) in [4.78, 5) is 27.4. The van der Waals surface area contributed by atoms with E-state index in [2.05, 4.69) is 10.3 Å². The summed E-state index contributed by atoms with van der Waals surface area (Å²) in [5.74, 6) is -1.88. The predicted molar refractivity (Wildman–Crippen MR) is 89.7 cm³/mol. The van der Waals surface area contributed by atoms with Crippen LogP contribution in [-0.4, -0.2) is 22.0 Å². The van der Waals surface area contributed by atoms with Gasteiger partial charge in [0, 0.05) is 18.3 Å². The molecule has 142 valence electrons. The van der Waals surface area contributed by atoms with Gasteiger partial charge in [0.25, 0.3) is 0 Å². The molecule has 3 atom stereocenters. The largest absolute Gasteiger partial charge is 0.481 e. The molecular weight excluding hydrogens is 361 g/mol. The molecular formula is C19H17F3N2O3. The van der Waals surface area contributed by atoms with Gasteiger partial charge in [-0.3, -0.25) is 14.6 Å². The molecule has 8 heteroatoms. The van der Waals surface area contributed by atoms with E-state index in [4.69, 9.17) is 5.11 Å². The van der Waals surface area contributed by atoms with Crippen molar-refractivity contribution in [2.75, 3.05) is 0 Å². The highest BCUT2D eigenvalue weighted by atomic mass is 19.4. The first-order chi connectivity index (χ1) is 12.8. The van der Waals surface area contributed by atoms with Gasteiger partial charge in [0.2, 0.25) is 5.91 Å². The van der Waals surface area contributed by atoms with E-state index < -0.39 is 23.8 Å². The van der Waals surface area contributed by atoms with Crippen LogP contribution in [0.3, 0.4) is 0 Å². The van der Waals surface area contributed by atoms with Gasteiger partial charge in [0.1, 0.15) is 0 Å². The van der Waals surface area contributed by atoms with Gasteiger partial charge in [-0.25, -0.2) is 0 Å². The lowest BCUT2D eigenvalue weighted by Crippen LogP contribution is -2.31. The number of nitrogens with one attached hydrogen (secondary N) is 1. The van der Waals surface area contributed by atoms with Gasteiger partial charge in [-0.15, -0.1) is 0 Å². The fourth-order valence-corrected chi connectivity index (χ4v) is 3.07. The zero-order chi connectivity index (χ0) is 19.6. The highest BCUT2D eigenvalue weighted by Gasteiger charge is 2.44. The number of carboxylic acid groups (broad SMARTS) is 1. The third-order valence-electron chi connectivity index (χ3n) is 4.60. The molecule has 1 heterocycles. The normalized spacial score (nSPS) is 20.0. The second-order valence-corrected chi connectivity index (χ2v) is 6.51. The van der Waals surface area contributed by atoms with Crippen molar-refractivity contribution in [2.45, 2.75) is 31.0 Å². The number of aliphatic carboxylic acids is 1. The standard InChI is InChI=1S/C19H17F3N2O3/c20-19(21,22)13-3-1-11(2-4-13)14-9-15(14)18(27)24-16(10-17(25)26)12-5-7-23-8-6-12/h1-8,14-16H,9-10H2,(H,24,27)(H,25,26)/t14-,15+,16?/m0/s1. The van der Waals surface area contributed by atoms with Crippen molar-refractivity contribution in [3.05, 3.63) is 65.5 Å². The Labute approximate surface area is 153 Å². The molecule has 0 saturated heterocycles. The number of benzene rings is 1. The average molecular weight is 378 g/mol. The van der Waals surface area contributed by atoms with E-state index in [0.29, 0.717) is 17.5 Å². The summed E-state index contributed by atoms with van der Waals surface area (Å²) in [6.45, 7) is 0. The van der Waals surface area contributed by atoms with Gasteiger partial charge >= 0.3 is 12.1 Å². The van der Waals surface area contributed by atoms with Crippen molar-refractivity contribution in [1.82, 2.24) is 10.3 Å². The zero-order valence-electron chi connectivity index (χ0n) is 14.1. The Morgan fingerprint density at radius 1 is 1.15 bits per heavy atom. The Balaban J connectivity index is 1.65. The number of pyridine rings is 1. The summed E-state index contributed by atoms with van der Waals surface area (Å²) in [6, 6.07) is 7.37. The molecule has 1 unspecified atom stereocenters. The number of alkyl halides is 3. The maximum absolute atomic E-state index is 12.6. The van der Waals surface area contributed by atoms with E-state index in [9.17, 15) is 22.8 Å². The second-order valence-electron chi connectivity index (χ2n) is 6.51. The summed E-state index contributed by atoms with van der Waals surface area (Å²) in [6.07, 6.45) is -1.12. The number of hydrogen-bond donors (Lipinski definition) is 2. The molecule has 27 heavy (non-hydrogen) atoms. The lowest BCUT2D eigenvalue weighted by molar-refractivity contribution is -0.138. The molecule has 0 radical (unpaired) electrons. The van der Waals surface area contributed by atoms with Crippen LogP contribution >= 0.6 is 0 Å². The third kappa shape index (κ3) is 4.64. The minimum absolute atomic E-state index is 0.157. The van der Waals surface area contributed by atoms with E-state index in [1.165, 1.54) is 24.5 Å². The number of hydrogen-bond acceptors (Lipinski definition) is 3. The summed E-state index contributed by atoms with van der Waals surface area (Å²) in [7, 11) is 0. The second kappa shape index (κ2) is 7.38. The van der Waals surface area contributed by atoms with Gasteiger partial charge in [-0.05, 0) is 47.7 Å². The first-order valence-corrected chi connectivity index (χ1v) is 8.35. The molecule has 0 spiro atoms. The number of halogens is 3. The van der Waals surface area contributed by atoms with Crippen LogP contribution in [0.15, 0.2) is 48.8 Å². The maximum Gasteiger partial charge on any atom is 0.416 e. The van der Waals surface area contributed by atoms with Crippen molar-refractivity contribution in [3.8, 4) is 0 Å². The van der Waals surface area contributed by atoms with Crippen LogP contribution in [0.4, 0.5) is 13.2 Å². The lowest BCUT2D eigenvalue weighted by Gasteiger charge is -2.17. The Morgan fingerprint density at radius 3 is 2.33 bits per heavy atom. The Morgan fingerprint density at radius 2 is 1.78 bits per heavy atom. The number of carboxylic acids is 1. The van der Waals surface area contributed by atoms with Gasteiger partial charge < -0.3 is 10.4 Å². The fraction of sp³-hybridized carbons (Fsp3) is 0.316. The SMILES string of the molecule is O=C(O)CC(NC(=O)[C@@H]1C[C@H]1c1ccc(C(F)(F)F)cc1)c1ccncc1. The van der Waals surface area contributed by atoms with E-state index in [1.54, 1.807) is 12.1 Å². The zero-order valence-corrected chi connectivity index (χ0v) is 14.1. The van der Waals surface area contributed by atoms with Crippen molar-refractivity contribution in [2.24, 2.45) is 5.92 Å². The maximum atomic E-state index is 12.6. The molecule has 1 aromatic carbocycles. The molecule has 3 rings (SSSR count). The molecule has 1 aromatic heterocycles. The molecule has 5 nitrogen and oxygen atoms in total. The number of nitrogens with zero attached hydrogens (tertiary/aromatic N) is 1. The minimum Gasteiger partial charge on any atom is -0.481 e. The number of aromatic nitrogens is 1. The Kier molecular flexibility index (Phi) is 5.16. The topological polar surface area (TPSA) is 79.3 Å². The first kappa shape index (κ1) is 18.9. The van der Waals surface area contributed by atoms with Gasteiger partial charge in [0.05, 0.1) is 18.0 Å². The molecule has 0 bridgehead atoms. The highest BCUT2D eigenvalue weighted by Crippen LogP contribution is 2.48. The van der Waals surface area contributed by atoms with Crippen LogP contribution in [0.2, 0.25) is 0 Å². The van der Waals surface area contributed by atoms with Crippen molar-refractivity contribution in [3.63, 3.8) is 0 Å². The number of carbonyl (C=O) groups is 2. The van der Waals surface area contributed by atoms with Crippen LogP contribution in [0.25, 0.3) is 0 Å². The molecule has 2 N–H and O–H groups in total. The molecule has 2 aromatic rings. The number of amides is 1. The number of carbonyl (C=O) groups excluding carboxylic acids is 1. The number of rotatable bonds is 6. The van der Waals surface area contributed by atoms with E-state index in [0.717, 1.165) is 12.1 Å². The van der Waals surface area contributed by atoms with Crippen LogP contribution in [0.5, 0.6) is 0 Å². The summed E-state index contributed by atoms with van der Waals surface area (Å²) < 4.78 is 37.9. The van der Waals surface area contributed by atoms with Crippen LogP contribution in [0, 0.1) is 5.92 Å². The molecule has 1 saturated carbocycles. The van der Waals surface area contributed by atoms with Crippen molar-refractivity contribution < 1.29 is 27.9 Å². The lowest BCUT2D eigenvalue weighted by atomic mass is 10.0. The van der Waals surface area contributed by atoms with Crippen LogP contribution in [-0.2, 0) is 15.8 Å². The Bertz CT molecular complexity index is 822. The van der Waals surface area contributed by atoms with Gasteiger partial charge in [-0.1, -0.05) is 12.1 Å². The monoisotopic (exact) mass is 378 g/mol. The van der Waals surface area contributed by atoms with Gasteiger partial charge in [-0.2, -0.15) is 13.2 Å². The molecule has 1 aliphatic rings. The van der Waals surface area contributed by atoms with Crippen molar-refractivity contribution >= 4 is 11.9 Å². The third-order valence-corrected chi connectivity index (χ3v) is 4.60. The van der Waals surface area contributed by atoms with E-state index >= 15 is 0 Å². The molecule has 0 aliphatic heterocycles. The molecule has 1 aliphatic carbocycles. The minimum atomic E-state index is -4.40. The van der Waals surface area contributed by atoms with Crippen LogP contribution in [0.1, 0.15) is 41.5 Å². The van der Waals surface area contributed by atoms with Crippen molar-refractivity contribution in [1.29, 1.82) is 0 Å². The smallest absolute Gasteiger partial charge is 0.416 e. The predicted octanol–water partition coefficient (Wildman–Crippen LogP) is 3.54.